The maximum Gasteiger partial charge on any atom is 0.273 e. The van der Waals surface area contributed by atoms with E-state index >= 15 is 0 Å². The van der Waals surface area contributed by atoms with E-state index < -0.39 is 10.1 Å². The maximum absolute atomic E-state index is 11.2. The number of nitrogens with zero attached hydrogens (tertiary/aromatic N) is 1. The van der Waals surface area contributed by atoms with Crippen LogP contribution in [0.1, 0.15) is 12.6 Å². The molecule has 0 saturated heterocycles. The number of rotatable bonds is 4. The van der Waals surface area contributed by atoms with Crippen LogP contribution in [0.3, 0.4) is 0 Å². The van der Waals surface area contributed by atoms with Gasteiger partial charge in [0.2, 0.25) is 0 Å². The van der Waals surface area contributed by atoms with Crippen LogP contribution in [0.15, 0.2) is 22.8 Å². The molecule has 78 valence electrons. The van der Waals surface area contributed by atoms with Gasteiger partial charge in [-0.1, -0.05) is 15.9 Å². The molecule has 0 N–H and O–H groups in total. The minimum absolute atomic E-state index is 0.149. The Morgan fingerprint density at radius 2 is 2.29 bits per heavy atom. The summed E-state index contributed by atoms with van der Waals surface area (Å²) in [5, 5.41) is 0. The molecule has 14 heavy (non-hydrogen) atoms. The highest BCUT2D eigenvalue weighted by Crippen LogP contribution is 2.12. The quantitative estimate of drug-likeness (QED) is 0.788. The van der Waals surface area contributed by atoms with Crippen molar-refractivity contribution >= 4 is 26.0 Å². The Morgan fingerprint density at radius 1 is 1.57 bits per heavy atom. The molecule has 4 nitrogen and oxygen atoms in total. The Kier molecular flexibility index (Phi) is 4.03. The first-order valence-corrected chi connectivity index (χ1v) is 6.38. The minimum Gasteiger partial charge on any atom is -0.270 e. The summed E-state index contributed by atoms with van der Waals surface area (Å²) in [5.74, 6) is -0.194. The van der Waals surface area contributed by atoms with Crippen LogP contribution in [0.25, 0.3) is 0 Å². The first kappa shape index (κ1) is 11.6. The van der Waals surface area contributed by atoms with Gasteiger partial charge in [-0.2, -0.15) is 8.42 Å². The fraction of sp³-hybridized carbons (Fsp3) is 0.375. The standard InChI is InChI=1S/C8H10BrNO3S/c1-2-13-14(11,12)6-8-5-7(9)3-4-10-8/h3-5H,2,6H2,1H3. The zero-order valence-corrected chi connectivity index (χ0v) is 10.0. The molecular weight excluding hydrogens is 270 g/mol. The fourth-order valence-corrected chi connectivity index (χ4v) is 2.28. The molecule has 0 spiro atoms. The van der Waals surface area contributed by atoms with E-state index in [1.54, 1.807) is 25.3 Å². The zero-order chi connectivity index (χ0) is 10.6. The number of hydrogen-bond acceptors (Lipinski definition) is 4. The monoisotopic (exact) mass is 279 g/mol. The summed E-state index contributed by atoms with van der Waals surface area (Å²) < 4.78 is 27.9. The van der Waals surface area contributed by atoms with Gasteiger partial charge in [-0.25, -0.2) is 0 Å². The van der Waals surface area contributed by atoms with Crippen molar-refractivity contribution in [2.45, 2.75) is 12.7 Å². The molecular formula is C8H10BrNO3S. The second-order valence-electron chi connectivity index (χ2n) is 2.57. The molecule has 0 bridgehead atoms. The van der Waals surface area contributed by atoms with Crippen LogP contribution < -0.4 is 0 Å². The van der Waals surface area contributed by atoms with Crippen LogP contribution >= 0.6 is 15.9 Å². The number of pyridine rings is 1. The van der Waals surface area contributed by atoms with Gasteiger partial charge >= 0.3 is 0 Å². The molecule has 1 aromatic heterocycles. The van der Waals surface area contributed by atoms with Crippen LogP contribution in [0.5, 0.6) is 0 Å². The highest BCUT2D eigenvalue weighted by atomic mass is 79.9. The maximum atomic E-state index is 11.2. The van der Waals surface area contributed by atoms with Crippen molar-refractivity contribution in [2.75, 3.05) is 6.61 Å². The van der Waals surface area contributed by atoms with E-state index in [0.717, 1.165) is 4.47 Å². The number of halogens is 1. The van der Waals surface area contributed by atoms with E-state index in [1.807, 2.05) is 0 Å². The lowest BCUT2D eigenvalue weighted by molar-refractivity contribution is 0.337. The highest BCUT2D eigenvalue weighted by molar-refractivity contribution is 9.10. The lowest BCUT2D eigenvalue weighted by Gasteiger charge is -2.02. The first-order chi connectivity index (χ1) is 6.53. The summed E-state index contributed by atoms with van der Waals surface area (Å²) in [7, 11) is -3.48. The van der Waals surface area contributed by atoms with Gasteiger partial charge in [0, 0.05) is 10.7 Å². The van der Waals surface area contributed by atoms with E-state index in [0.29, 0.717) is 5.69 Å². The van der Waals surface area contributed by atoms with E-state index in [1.165, 1.54) is 0 Å². The minimum atomic E-state index is -3.48. The Balaban J connectivity index is 2.79. The van der Waals surface area contributed by atoms with Crippen molar-refractivity contribution in [3.63, 3.8) is 0 Å². The molecule has 0 aliphatic carbocycles. The van der Waals surface area contributed by atoms with Crippen molar-refractivity contribution in [2.24, 2.45) is 0 Å². The molecule has 0 aliphatic heterocycles. The van der Waals surface area contributed by atoms with Crippen molar-refractivity contribution in [1.29, 1.82) is 0 Å². The largest absolute Gasteiger partial charge is 0.273 e. The molecule has 1 rings (SSSR count). The summed E-state index contributed by atoms with van der Waals surface area (Å²) in [4.78, 5) is 3.92. The molecule has 0 atom stereocenters. The van der Waals surface area contributed by atoms with Crippen LogP contribution in [0, 0.1) is 0 Å². The van der Waals surface area contributed by atoms with Crippen molar-refractivity contribution in [3.05, 3.63) is 28.5 Å². The van der Waals surface area contributed by atoms with Crippen LogP contribution in [-0.4, -0.2) is 20.0 Å². The molecule has 1 heterocycles. The third-order valence-corrected chi connectivity index (χ3v) is 3.14. The lowest BCUT2D eigenvalue weighted by atomic mass is 10.4. The van der Waals surface area contributed by atoms with Crippen LogP contribution in [0.4, 0.5) is 0 Å². The Hall–Kier alpha value is -0.460. The Morgan fingerprint density at radius 3 is 2.86 bits per heavy atom. The van der Waals surface area contributed by atoms with E-state index in [-0.39, 0.29) is 12.4 Å². The smallest absolute Gasteiger partial charge is 0.270 e. The normalized spacial score (nSPS) is 11.6. The van der Waals surface area contributed by atoms with Crippen LogP contribution in [-0.2, 0) is 20.1 Å². The Bertz CT molecular complexity index is 405. The van der Waals surface area contributed by atoms with Gasteiger partial charge in [-0.15, -0.1) is 0 Å². The molecule has 0 unspecified atom stereocenters. The predicted octanol–water partition coefficient (Wildman–Crippen LogP) is 1.71. The van der Waals surface area contributed by atoms with Gasteiger partial charge in [0.25, 0.3) is 10.1 Å². The van der Waals surface area contributed by atoms with Gasteiger partial charge in [0.05, 0.1) is 12.3 Å². The molecule has 0 aliphatic rings. The third kappa shape index (κ3) is 3.73. The topological polar surface area (TPSA) is 56.3 Å². The van der Waals surface area contributed by atoms with Crippen molar-refractivity contribution < 1.29 is 12.6 Å². The number of hydrogen-bond donors (Lipinski definition) is 0. The van der Waals surface area contributed by atoms with Gasteiger partial charge < -0.3 is 0 Å². The predicted molar refractivity (Wildman–Crippen MR) is 56.2 cm³/mol. The summed E-state index contributed by atoms with van der Waals surface area (Å²) in [5.41, 5.74) is 0.466. The van der Waals surface area contributed by atoms with Crippen molar-refractivity contribution in [3.8, 4) is 0 Å². The SMILES string of the molecule is CCOS(=O)(=O)Cc1cc(Br)ccn1. The molecule has 0 aromatic carbocycles. The second kappa shape index (κ2) is 4.86. The highest BCUT2D eigenvalue weighted by Gasteiger charge is 2.12. The first-order valence-electron chi connectivity index (χ1n) is 4.01. The zero-order valence-electron chi connectivity index (χ0n) is 7.60. The lowest BCUT2D eigenvalue weighted by Crippen LogP contribution is -2.09. The van der Waals surface area contributed by atoms with Gasteiger partial charge in [0.15, 0.2) is 0 Å². The van der Waals surface area contributed by atoms with E-state index in [4.69, 9.17) is 0 Å². The summed E-state index contributed by atoms with van der Waals surface area (Å²) in [6.07, 6.45) is 1.54. The molecule has 0 radical (unpaired) electrons. The molecule has 6 heteroatoms. The second-order valence-corrected chi connectivity index (χ2v) is 5.13. The fourth-order valence-electron chi connectivity index (χ4n) is 0.930. The summed E-state index contributed by atoms with van der Waals surface area (Å²) in [6.45, 7) is 1.78. The average molecular weight is 280 g/mol. The van der Waals surface area contributed by atoms with E-state index in [9.17, 15) is 8.42 Å². The van der Waals surface area contributed by atoms with Gasteiger partial charge in [0.1, 0.15) is 5.75 Å². The van der Waals surface area contributed by atoms with Crippen molar-refractivity contribution in [1.82, 2.24) is 4.98 Å². The molecule has 0 amide bonds. The number of aromatic nitrogens is 1. The Labute approximate surface area is 91.6 Å². The average Bonchev–Trinajstić information content (AvgIpc) is 2.02. The van der Waals surface area contributed by atoms with E-state index in [2.05, 4.69) is 25.1 Å². The summed E-state index contributed by atoms with van der Waals surface area (Å²) >= 11 is 3.23. The van der Waals surface area contributed by atoms with Gasteiger partial charge in [-0.05, 0) is 19.1 Å². The van der Waals surface area contributed by atoms with Crippen LogP contribution in [0.2, 0.25) is 0 Å². The summed E-state index contributed by atoms with van der Waals surface area (Å²) in [6, 6.07) is 3.38. The van der Waals surface area contributed by atoms with Gasteiger partial charge in [-0.3, -0.25) is 9.17 Å². The third-order valence-electron chi connectivity index (χ3n) is 1.40. The molecule has 0 fully saturated rings. The molecule has 1 aromatic rings. The molecule has 0 saturated carbocycles.